The molecule has 0 spiro atoms. The van der Waals surface area contributed by atoms with Crippen LogP contribution >= 0.6 is 0 Å². The molecule has 0 aliphatic heterocycles. The molecule has 0 aromatic heterocycles. The van der Waals surface area contributed by atoms with Gasteiger partial charge in [0, 0.05) is 17.1 Å². The lowest BCUT2D eigenvalue weighted by molar-refractivity contribution is -0.139. The maximum atomic E-state index is 11.6. The van der Waals surface area contributed by atoms with E-state index in [0.717, 1.165) is 11.9 Å². The van der Waals surface area contributed by atoms with Crippen LogP contribution in [0.3, 0.4) is 0 Å². The van der Waals surface area contributed by atoms with Crippen LogP contribution in [0.2, 0.25) is 0 Å². The normalized spacial score (nSPS) is 22.4. The number of esters is 1. The zero-order valence-electron chi connectivity index (χ0n) is 11.8. The molecule has 0 bridgehead atoms. The van der Waals surface area contributed by atoms with E-state index in [9.17, 15) is 9.59 Å². The van der Waals surface area contributed by atoms with Gasteiger partial charge in [0.05, 0.1) is 6.61 Å². The summed E-state index contributed by atoms with van der Waals surface area (Å²) in [6.45, 7) is 7.29. The second-order valence-electron chi connectivity index (χ2n) is 5.29. The molecule has 4 heteroatoms. The summed E-state index contributed by atoms with van der Waals surface area (Å²) in [5.74, 6) is -0.562. The summed E-state index contributed by atoms with van der Waals surface area (Å²) in [6.07, 6.45) is 4.96. The molecule has 0 fully saturated rings. The van der Waals surface area contributed by atoms with E-state index in [4.69, 9.17) is 9.84 Å². The predicted molar refractivity (Wildman–Crippen MR) is 72.4 cm³/mol. The zero-order valence-corrected chi connectivity index (χ0v) is 11.8. The van der Waals surface area contributed by atoms with Crippen molar-refractivity contribution in [1.29, 1.82) is 0 Å². The topological polar surface area (TPSA) is 63.6 Å². The Kier molecular flexibility index (Phi) is 4.84. The first kappa shape index (κ1) is 15.4. The van der Waals surface area contributed by atoms with Crippen LogP contribution in [0.1, 0.15) is 27.7 Å². The minimum absolute atomic E-state index is 0.196. The summed E-state index contributed by atoms with van der Waals surface area (Å²) >= 11 is 0. The predicted octanol–water partition coefficient (Wildman–Crippen LogP) is 1.95. The molecule has 0 radical (unpaired) electrons. The van der Waals surface area contributed by atoms with E-state index in [1.807, 2.05) is 26.8 Å². The summed E-state index contributed by atoms with van der Waals surface area (Å²) in [7, 11) is 0. The zero-order chi connectivity index (χ0) is 14.6. The first-order valence-electron chi connectivity index (χ1n) is 6.16. The van der Waals surface area contributed by atoms with Crippen molar-refractivity contribution in [3.8, 4) is 0 Å². The van der Waals surface area contributed by atoms with Gasteiger partial charge in [0.25, 0.3) is 0 Å². The number of aliphatic hydroxyl groups is 1. The molecule has 1 aliphatic carbocycles. The quantitative estimate of drug-likeness (QED) is 0.365. The summed E-state index contributed by atoms with van der Waals surface area (Å²) in [6, 6.07) is 0. The molecule has 1 rings (SSSR count). The Hall–Kier alpha value is -1.68. The van der Waals surface area contributed by atoms with Crippen molar-refractivity contribution in [2.24, 2.45) is 5.41 Å². The van der Waals surface area contributed by atoms with Gasteiger partial charge in [-0.2, -0.15) is 0 Å². The number of carbonyl (C=O) groups excluding carboxylic acids is 2. The molecule has 1 unspecified atom stereocenters. The first-order valence-corrected chi connectivity index (χ1v) is 6.16. The van der Waals surface area contributed by atoms with E-state index in [0.29, 0.717) is 11.1 Å². The van der Waals surface area contributed by atoms with Gasteiger partial charge in [0.15, 0.2) is 0 Å². The minimum Gasteiger partial charge on any atom is -0.450 e. The average molecular weight is 264 g/mol. The van der Waals surface area contributed by atoms with Crippen LogP contribution in [0.5, 0.6) is 0 Å². The number of rotatable bonds is 4. The number of hydrogen-bond donors (Lipinski definition) is 1. The van der Waals surface area contributed by atoms with Crippen molar-refractivity contribution in [2.75, 3.05) is 6.61 Å². The molecule has 104 valence electrons. The Morgan fingerprint density at radius 1 is 1.53 bits per heavy atom. The SMILES string of the molecule is CC(=CC(=O)OC1C=CC(C)(C)C(C)=C1C=O)CO. The highest BCUT2D eigenvalue weighted by molar-refractivity contribution is 5.85. The van der Waals surface area contributed by atoms with E-state index < -0.39 is 12.1 Å². The molecule has 1 N–H and O–H groups in total. The van der Waals surface area contributed by atoms with Gasteiger partial charge in [-0.3, -0.25) is 4.79 Å². The molecule has 4 nitrogen and oxygen atoms in total. The van der Waals surface area contributed by atoms with Gasteiger partial charge in [-0.1, -0.05) is 25.5 Å². The molecule has 0 amide bonds. The molecule has 0 saturated carbocycles. The van der Waals surface area contributed by atoms with E-state index >= 15 is 0 Å². The lowest BCUT2D eigenvalue weighted by Gasteiger charge is -2.30. The Balaban J connectivity index is 2.92. The monoisotopic (exact) mass is 264 g/mol. The van der Waals surface area contributed by atoms with Gasteiger partial charge in [-0.05, 0) is 25.5 Å². The van der Waals surface area contributed by atoms with Crippen LogP contribution in [0.4, 0.5) is 0 Å². The summed E-state index contributed by atoms with van der Waals surface area (Å²) in [4.78, 5) is 22.8. The maximum Gasteiger partial charge on any atom is 0.331 e. The molecule has 1 aliphatic rings. The number of aldehydes is 1. The van der Waals surface area contributed by atoms with Gasteiger partial charge < -0.3 is 9.84 Å². The second kappa shape index (κ2) is 5.97. The highest BCUT2D eigenvalue weighted by Crippen LogP contribution is 2.35. The van der Waals surface area contributed by atoms with Gasteiger partial charge in [0.1, 0.15) is 12.4 Å². The molecule has 0 saturated heterocycles. The number of allylic oxidation sites excluding steroid dienone is 2. The Morgan fingerprint density at radius 2 is 2.16 bits per heavy atom. The van der Waals surface area contributed by atoms with Gasteiger partial charge in [0.2, 0.25) is 0 Å². The summed E-state index contributed by atoms with van der Waals surface area (Å²) < 4.78 is 5.23. The van der Waals surface area contributed by atoms with Crippen molar-refractivity contribution in [3.63, 3.8) is 0 Å². The Bertz CT molecular complexity index is 467. The van der Waals surface area contributed by atoms with E-state index in [1.165, 1.54) is 6.08 Å². The number of aliphatic hydroxyl groups excluding tert-OH is 1. The number of carbonyl (C=O) groups is 2. The largest absolute Gasteiger partial charge is 0.450 e. The highest BCUT2D eigenvalue weighted by Gasteiger charge is 2.29. The van der Waals surface area contributed by atoms with E-state index in [-0.39, 0.29) is 12.0 Å². The molecule has 0 aromatic rings. The summed E-state index contributed by atoms with van der Waals surface area (Å²) in [5.41, 5.74) is 1.68. The van der Waals surface area contributed by atoms with Crippen LogP contribution in [0.25, 0.3) is 0 Å². The molecular weight excluding hydrogens is 244 g/mol. The first-order chi connectivity index (χ1) is 8.81. The molecule has 19 heavy (non-hydrogen) atoms. The number of hydrogen-bond acceptors (Lipinski definition) is 4. The second-order valence-corrected chi connectivity index (χ2v) is 5.29. The van der Waals surface area contributed by atoms with Crippen LogP contribution < -0.4 is 0 Å². The van der Waals surface area contributed by atoms with Gasteiger partial charge in [-0.25, -0.2) is 4.79 Å². The van der Waals surface area contributed by atoms with E-state index in [2.05, 4.69) is 0 Å². The molecular formula is C15H20O4. The fourth-order valence-corrected chi connectivity index (χ4v) is 1.81. The average Bonchev–Trinajstić information content (AvgIpc) is 2.34. The van der Waals surface area contributed by atoms with Gasteiger partial charge >= 0.3 is 5.97 Å². The Morgan fingerprint density at radius 3 is 2.68 bits per heavy atom. The van der Waals surface area contributed by atoms with Crippen molar-refractivity contribution in [3.05, 3.63) is 34.9 Å². The van der Waals surface area contributed by atoms with Gasteiger partial charge in [-0.15, -0.1) is 0 Å². The molecule has 0 heterocycles. The number of ether oxygens (including phenoxy) is 1. The third kappa shape index (κ3) is 3.64. The van der Waals surface area contributed by atoms with Crippen molar-refractivity contribution in [1.82, 2.24) is 0 Å². The van der Waals surface area contributed by atoms with Crippen LogP contribution in [-0.2, 0) is 14.3 Å². The fourth-order valence-electron chi connectivity index (χ4n) is 1.81. The van der Waals surface area contributed by atoms with Crippen LogP contribution in [-0.4, -0.2) is 30.1 Å². The fraction of sp³-hybridized carbons (Fsp3) is 0.467. The van der Waals surface area contributed by atoms with Crippen molar-refractivity contribution in [2.45, 2.75) is 33.8 Å². The lowest BCUT2D eigenvalue weighted by Crippen LogP contribution is -2.27. The maximum absolute atomic E-state index is 11.6. The summed E-state index contributed by atoms with van der Waals surface area (Å²) in [5, 5.41) is 8.84. The van der Waals surface area contributed by atoms with Crippen LogP contribution in [0.15, 0.2) is 34.9 Å². The lowest BCUT2D eigenvalue weighted by atomic mass is 9.77. The third-order valence-electron chi connectivity index (χ3n) is 3.38. The minimum atomic E-state index is -0.652. The third-order valence-corrected chi connectivity index (χ3v) is 3.38. The Labute approximate surface area is 113 Å². The highest BCUT2D eigenvalue weighted by atomic mass is 16.5. The molecule has 1 atom stereocenters. The van der Waals surface area contributed by atoms with Crippen molar-refractivity contribution < 1.29 is 19.4 Å². The van der Waals surface area contributed by atoms with Crippen molar-refractivity contribution >= 4 is 12.3 Å². The standard InChI is InChI=1S/C15H20O4/c1-10(8-16)7-14(18)19-13-5-6-15(3,4)11(2)12(13)9-17/h5-7,9,13,16H,8H2,1-4H3. The molecule has 0 aromatic carbocycles. The smallest absolute Gasteiger partial charge is 0.331 e. The van der Waals surface area contributed by atoms with E-state index in [1.54, 1.807) is 13.0 Å². The van der Waals surface area contributed by atoms with Crippen LogP contribution in [0, 0.1) is 5.41 Å².